The highest BCUT2D eigenvalue weighted by Crippen LogP contribution is 2.49. The van der Waals surface area contributed by atoms with Crippen molar-refractivity contribution in [1.29, 1.82) is 0 Å². The first-order chi connectivity index (χ1) is 9.91. The van der Waals surface area contributed by atoms with Gasteiger partial charge in [-0.1, -0.05) is 7.43 Å². The van der Waals surface area contributed by atoms with Crippen LogP contribution in [0.5, 0.6) is 0 Å². The first kappa shape index (κ1) is 28.0. The van der Waals surface area contributed by atoms with Crippen LogP contribution < -0.4 is 0 Å². The van der Waals surface area contributed by atoms with Crippen molar-refractivity contribution in [2.75, 3.05) is 6.35 Å². The molecule has 0 amide bonds. The van der Waals surface area contributed by atoms with Gasteiger partial charge in [0.05, 0.1) is 12.2 Å². The van der Waals surface area contributed by atoms with Gasteiger partial charge in [-0.3, -0.25) is 4.57 Å². The van der Waals surface area contributed by atoms with Crippen molar-refractivity contribution >= 4 is 15.9 Å². The SMILES string of the molecule is C.CC(C)OP(=O)(CO)OC(C)C.CC(C)O[P+](=O)OC(C)C. The maximum Gasteiger partial charge on any atom is 0.697 e. The monoisotopic (exact) mass is 377 g/mol. The third-order valence-corrected chi connectivity index (χ3v) is 4.53. The summed E-state index contributed by atoms with van der Waals surface area (Å²) in [5.41, 5.74) is 0. The topological polar surface area (TPSA) is 91.3 Å². The van der Waals surface area contributed by atoms with Crippen LogP contribution in [0.1, 0.15) is 62.8 Å². The van der Waals surface area contributed by atoms with Crippen LogP contribution in [0.3, 0.4) is 0 Å². The molecule has 0 rings (SSSR count). The van der Waals surface area contributed by atoms with Crippen LogP contribution in [-0.4, -0.2) is 35.9 Å². The van der Waals surface area contributed by atoms with Crippen LogP contribution in [0.4, 0.5) is 0 Å². The molecular formula is C14H35O7P2+. The zero-order valence-corrected chi connectivity index (χ0v) is 16.6. The summed E-state index contributed by atoms with van der Waals surface area (Å²) >= 11 is 0. The second-order valence-electron chi connectivity index (χ2n) is 5.59. The van der Waals surface area contributed by atoms with Gasteiger partial charge >= 0.3 is 15.9 Å². The minimum Gasteiger partial charge on any atom is -0.384 e. The van der Waals surface area contributed by atoms with Crippen LogP contribution in [0, 0.1) is 0 Å². The molecule has 0 aliphatic rings. The Bertz CT molecular complexity index is 318. The van der Waals surface area contributed by atoms with E-state index in [0.29, 0.717) is 0 Å². The average molecular weight is 377 g/mol. The third kappa shape index (κ3) is 20.1. The molecule has 0 aliphatic heterocycles. The molecule has 23 heavy (non-hydrogen) atoms. The van der Waals surface area contributed by atoms with E-state index < -0.39 is 22.2 Å². The van der Waals surface area contributed by atoms with Crippen LogP contribution in [0.15, 0.2) is 0 Å². The lowest BCUT2D eigenvalue weighted by Gasteiger charge is -2.20. The molecule has 0 bridgehead atoms. The molecule has 0 fully saturated rings. The van der Waals surface area contributed by atoms with Gasteiger partial charge in [0.2, 0.25) is 0 Å². The van der Waals surface area contributed by atoms with Crippen molar-refractivity contribution in [2.24, 2.45) is 0 Å². The quantitative estimate of drug-likeness (QED) is 0.558. The number of aliphatic hydroxyl groups excluding tert-OH is 1. The molecule has 0 unspecified atom stereocenters. The maximum atomic E-state index is 11.5. The van der Waals surface area contributed by atoms with E-state index in [1.54, 1.807) is 27.7 Å². The Labute approximate surface area is 142 Å². The molecule has 0 aliphatic carbocycles. The molecular weight excluding hydrogens is 342 g/mol. The van der Waals surface area contributed by atoms with E-state index in [2.05, 4.69) is 0 Å². The molecule has 0 heterocycles. The largest absolute Gasteiger partial charge is 0.697 e. The van der Waals surface area contributed by atoms with Gasteiger partial charge in [-0.15, -0.1) is 9.05 Å². The van der Waals surface area contributed by atoms with Gasteiger partial charge in [-0.25, -0.2) is 0 Å². The molecule has 142 valence electrons. The fraction of sp³-hybridized carbons (Fsp3) is 1.00. The van der Waals surface area contributed by atoms with Crippen molar-refractivity contribution in [3.05, 3.63) is 0 Å². The fourth-order valence-corrected chi connectivity index (χ4v) is 3.31. The average Bonchev–Trinajstić information content (AvgIpc) is 2.24. The second-order valence-corrected chi connectivity index (χ2v) is 8.39. The van der Waals surface area contributed by atoms with E-state index in [9.17, 15) is 9.13 Å². The highest BCUT2D eigenvalue weighted by Gasteiger charge is 2.26. The molecule has 0 saturated carbocycles. The Kier molecular flexibility index (Phi) is 17.6. The van der Waals surface area contributed by atoms with Gasteiger partial charge in [-0.2, -0.15) is 0 Å². The van der Waals surface area contributed by atoms with Gasteiger partial charge < -0.3 is 14.2 Å². The van der Waals surface area contributed by atoms with E-state index in [-0.39, 0.29) is 31.8 Å². The number of hydrogen-bond donors (Lipinski definition) is 1. The van der Waals surface area contributed by atoms with Crippen LogP contribution in [0.25, 0.3) is 0 Å². The van der Waals surface area contributed by atoms with E-state index >= 15 is 0 Å². The zero-order valence-electron chi connectivity index (χ0n) is 14.8. The summed E-state index contributed by atoms with van der Waals surface area (Å²) in [6.45, 7) is 14.2. The van der Waals surface area contributed by atoms with Gasteiger partial charge in [0.25, 0.3) is 0 Å². The Hall–Kier alpha value is 0.130. The summed E-state index contributed by atoms with van der Waals surface area (Å²) in [5.74, 6) is 0. The lowest BCUT2D eigenvalue weighted by molar-refractivity contribution is 0.126. The standard InChI is InChI=1S/C7H17O4P.C6H14O3P.CH4/c1-6(2)10-12(9,5-8)11-7(3)4;1-5(2)8-10(7)9-6(3)4;/h6-8H,5H2,1-4H3;5-6H,1-4H3;1H4/q;+1;. The predicted octanol–water partition coefficient (Wildman–Crippen LogP) is 5.11. The molecule has 0 aromatic heterocycles. The molecule has 0 atom stereocenters. The lowest BCUT2D eigenvalue weighted by Crippen LogP contribution is -2.09. The Morgan fingerprint density at radius 3 is 1.30 bits per heavy atom. The lowest BCUT2D eigenvalue weighted by atomic mass is 10.5. The second kappa shape index (κ2) is 14.5. The van der Waals surface area contributed by atoms with Crippen LogP contribution in [0.2, 0.25) is 0 Å². The molecule has 1 N–H and O–H groups in total. The summed E-state index contributed by atoms with van der Waals surface area (Å²) in [5, 5.41) is 8.77. The Balaban J connectivity index is -0.000000338. The molecule has 0 radical (unpaired) electrons. The van der Waals surface area contributed by atoms with Gasteiger partial charge in [0, 0.05) is 4.57 Å². The Morgan fingerprint density at radius 2 is 1.13 bits per heavy atom. The summed E-state index contributed by atoms with van der Waals surface area (Å²) < 4.78 is 41.9. The normalized spacial score (nSPS) is 11.5. The third-order valence-electron chi connectivity index (χ3n) is 1.51. The molecule has 7 nitrogen and oxygen atoms in total. The fourth-order valence-electron chi connectivity index (χ4n) is 1.10. The van der Waals surface area contributed by atoms with Gasteiger partial charge in [0.1, 0.15) is 18.6 Å². The molecule has 0 saturated heterocycles. The maximum absolute atomic E-state index is 11.5. The van der Waals surface area contributed by atoms with Crippen molar-refractivity contribution in [3.8, 4) is 0 Å². The number of aliphatic hydroxyl groups is 1. The van der Waals surface area contributed by atoms with Crippen molar-refractivity contribution in [2.45, 2.75) is 87.2 Å². The number of hydrogen-bond acceptors (Lipinski definition) is 7. The van der Waals surface area contributed by atoms with Crippen molar-refractivity contribution in [1.82, 2.24) is 0 Å². The van der Waals surface area contributed by atoms with Gasteiger partial charge in [0.15, 0.2) is 0 Å². The molecule has 0 aromatic rings. The smallest absolute Gasteiger partial charge is 0.384 e. The van der Waals surface area contributed by atoms with E-state index in [4.69, 9.17) is 23.2 Å². The summed E-state index contributed by atoms with van der Waals surface area (Å²) in [6.07, 6.45) is -1.06. The van der Waals surface area contributed by atoms with Crippen molar-refractivity contribution in [3.63, 3.8) is 0 Å². The highest BCUT2D eigenvalue weighted by atomic mass is 31.2. The van der Waals surface area contributed by atoms with Crippen molar-refractivity contribution < 1.29 is 32.3 Å². The first-order valence-electron chi connectivity index (χ1n) is 7.29. The number of rotatable bonds is 9. The Morgan fingerprint density at radius 1 is 0.826 bits per heavy atom. The van der Waals surface area contributed by atoms with E-state index in [1.807, 2.05) is 27.7 Å². The summed E-state index contributed by atoms with van der Waals surface area (Å²) in [4.78, 5) is 0. The zero-order chi connectivity index (χ0) is 17.9. The molecule has 0 aromatic carbocycles. The first-order valence-corrected chi connectivity index (χ1v) is 10.1. The van der Waals surface area contributed by atoms with Crippen LogP contribution >= 0.6 is 15.9 Å². The summed E-state index contributed by atoms with van der Waals surface area (Å²) in [7, 11) is -5.17. The molecule has 0 spiro atoms. The highest BCUT2D eigenvalue weighted by molar-refractivity contribution is 7.53. The van der Waals surface area contributed by atoms with Gasteiger partial charge in [-0.05, 0) is 55.4 Å². The van der Waals surface area contributed by atoms with Crippen LogP contribution in [-0.2, 0) is 27.2 Å². The van der Waals surface area contributed by atoms with E-state index in [1.165, 1.54) is 0 Å². The molecule has 9 heteroatoms. The van der Waals surface area contributed by atoms with E-state index in [0.717, 1.165) is 0 Å². The minimum atomic E-state index is -3.26. The summed E-state index contributed by atoms with van der Waals surface area (Å²) in [6, 6.07) is 0. The predicted molar refractivity (Wildman–Crippen MR) is 93.9 cm³/mol. The minimum absolute atomic E-state index is 0.